The average Bonchev–Trinajstić information content (AvgIpc) is 2.59. The number of carbonyl (C=O) groups is 1. The molecule has 4 nitrogen and oxygen atoms in total. The monoisotopic (exact) mass is 327 g/mol. The molecule has 2 rings (SSSR count). The predicted molar refractivity (Wildman–Crippen MR) is 95.6 cm³/mol. The first-order valence-electron chi connectivity index (χ1n) is 8.27. The van der Waals surface area contributed by atoms with Gasteiger partial charge in [0.25, 0.3) is 0 Å². The molecular formula is C20H25NO3. The summed E-state index contributed by atoms with van der Waals surface area (Å²) in [6.45, 7) is 2.50. The van der Waals surface area contributed by atoms with Crippen molar-refractivity contribution in [3.63, 3.8) is 0 Å². The molecule has 1 atom stereocenters. The minimum Gasteiger partial charge on any atom is -0.457 e. The summed E-state index contributed by atoms with van der Waals surface area (Å²) in [5, 5.41) is 0. The molecule has 4 heteroatoms. The maximum Gasteiger partial charge on any atom is 0.409 e. The summed E-state index contributed by atoms with van der Waals surface area (Å²) in [7, 11) is 3.37. The Kier molecular flexibility index (Phi) is 6.67. The molecule has 0 N–H and O–H groups in total. The summed E-state index contributed by atoms with van der Waals surface area (Å²) < 4.78 is 11.3. The zero-order valence-corrected chi connectivity index (χ0v) is 14.6. The van der Waals surface area contributed by atoms with Crippen LogP contribution in [0.4, 0.5) is 4.79 Å². The summed E-state index contributed by atoms with van der Waals surface area (Å²) in [5.41, 5.74) is 1.12. The molecule has 24 heavy (non-hydrogen) atoms. The van der Waals surface area contributed by atoms with Gasteiger partial charge in [0.15, 0.2) is 0 Å². The van der Waals surface area contributed by atoms with Crippen LogP contribution in [-0.2, 0) is 4.74 Å². The van der Waals surface area contributed by atoms with Gasteiger partial charge < -0.3 is 14.4 Å². The second kappa shape index (κ2) is 8.96. The molecule has 0 spiro atoms. The number of hydrogen-bond donors (Lipinski definition) is 0. The molecule has 0 heterocycles. The Morgan fingerprint density at radius 3 is 2.42 bits per heavy atom. The van der Waals surface area contributed by atoms with Crippen molar-refractivity contribution in [2.75, 3.05) is 20.7 Å². The second-order valence-corrected chi connectivity index (χ2v) is 5.94. The topological polar surface area (TPSA) is 38.8 Å². The van der Waals surface area contributed by atoms with Gasteiger partial charge in [0.05, 0.1) is 0 Å². The Hall–Kier alpha value is -2.49. The fourth-order valence-electron chi connectivity index (χ4n) is 2.45. The van der Waals surface area contributed by atoms with Gasteiger partial charge in [-0.1, -0.05) is 43.7 Å². The molecule has 0 aliphatic carbocycles. The maximum absolute atomic E-state index is 11.7. The molecular weight excluding hydrogens is 302 g/mol. The van der Waals surface area contributed by atoms with Gasteiger partial charge in [0.2, 0.25) is 0 Å². The normalized spacial score (nSPS) is 11.6. The van der Waals surface area contributed by atoms with E-state index in [1.807, 2.05) is 48.5 Å². The molecule has 0 saturated heterocycles. The quantitative estimate of drug-likeness (QED) is 0.713. The van der Waals surface area contributed by atoms with Crippen molar-refractivity contribution in [3.8, 4) is 11.5 Å². The van der Waals surface area contributed by atoms with Crippen LogP contribution in [0.15, 0.2) is 54.6 Å². The smallest absolute Gasteiger partial charge is 0.409 e. The Balaban J connectivity index is 2.09. The number of nitrogens with zero attached hydrogens (tertiary/aromatic N) is 1. The summed E-state index contributed by atoms with van der Waals surface area (Å²) in [6, 6.07) is 17.7. The molecule has 0 aliphatic heterocycles. The predicted octanol–water partition coefficient (Wildman–Crippen LogP) is 5.06. The minimum absolute atomic E-state index is 0.165. The third-order valence-electron chi connectivity index (χ3n) is 3.72. The zero-order valence-electron chi connectivity index (χ0n) is 14.6. The molecule has 2 aromatic rings. The van der Waals surface area contributed by atoms with Gasteiger partial charge in [0.1, 0.15) is 18.1 Å². The zero-order chi connectivity index (χ0) is 17.4. The molecule has 1 amide bonds. The third kappa shape index (κ3) is 5.30. The van der Waals surface area contributed by atoms with E-state index in [1.54, 1.807) is 14.1 Å². The number of ether oxygens (including phenoxy) is 2. The van der Waals surface area contributed by atoms with E-state index >= 15 is 0 Å². The fraction of sp³-hybridized carbons (Fsp3) is 0.350. The SMILES string of the molecule is CCCC(COC(=O)N(C)C)c1cccc(Oc2ccccc2)c1. The Bertz CT molecular complexity index is 640. The highest BCUT2D eigenvalue weighted by atomic mass is 16.6. The lowest BCUT2D eigenvalue weighted by molar-refractivity contribution is 0.110. The van der Waals surface area contributed by atoms with Crippen molar-refractivity contribution in [1.82, 2.24) is 4.90 Å². The van der Waals surface area contributed by atoms with Crippen LogP contribution in [-0.4, -0.2) is 31.7 Å². The van der Waals surface area contributed by atoms with Crippen LogP contribution in [0.2, 0.25) is 0 Å². The lowest BCUT2D eigenvalue weighted by atomic mass is 9.95. The van der Waals surface area contributed by atoms with Crippen molar-refractivity contribution in [2.45, 2.75) is 25.7 Å². The maximum atomic E-state index is 11.7. The highest BCUT2D eigenvalue weighted by molar-refractivity contribution is 5.66. The van der Waals surface area contributed by atoms with E-state index in [-0.39, 0.29) is 12.0 Å². The van der Waals surface area contributed by atoms with E-state index in [0.717, 1.165) is 29.9 Å². The highest BCUT2D eigenvalue weighted by Crippen LogP contribution is 2.28. The van der Waals surface area contributed by atoms with E-state index in [4.69, 9.17) is 9.47 Å². The van der Waals surface area contributed by atoms with E-state index in [2.05, 4.69) is 13.0 Å². The van der Waals surface area contributed by atoms with Gasteiger partial charge in [0, 0.05) is 20.0 Å². The lowest BCUT2D eigenvalue weighted by Crippen LogP contribution is -2.24. The van der Waals surface area contributed by atoms with Gasteiger partial charge >= 0.3 is 6.09 Å². The van der Waals surface area contributed by atoms with Gasteiger partial charge in [-0.25, -0.2) is 4.79 Å². The number of carbonyl (C=O) groups excluding carboxylic acids is 1. The number of para-hydroxylation sites is 1. The molecule has 128 valence electrons. The van der Waals surface area contributed by atoms with E-state index in [9.17, 15) is 4.79 Å². The van der Waals surface area contributed by atoms with Crippen LogP contribution in [0.1, 0.15) is 31.2 Å². The standard InChI is InChI=1S/C20H25NO3/c1-4-9-17(15-23-20(22)21(2)3)16-10-8-13-19(14-16)24-18-11-6-5-7-12-18/h5-8,10-14,17H,4,9,15H2,1-3H3. The third-order valence-corrected chi connectivity index (χ3v) is 3.72. The van der Waals surface area contributed by atoms with Crippen molar-refractivity contribution in [2.24, 2.45) is 0 Å². The van der Waals surface area contributed by atoms with Crippen LogP contribution in [0, 0.1) is 0 Å². The number of rotatable bonds is 7. The van der Waals surface area contributed by atoms with Crippen LogP contribution in [0.5, 0.6) is 11.5 Å². The van der Waals surface area contributed by atoms with Gasteiger partial charge in [-0.2, -0.15) is 0 Å². The highest BCUT2D eigenvalue weighted by Gasteiger charge is 2.15. The molecule has 1 unspecified atom stereocenters. The van der Waals surface area contributed by atoms with Gasteiger partial charge in [-0.05, 0) is 36.2 Å². The molecule has 0 bridgehead atoms. The van der Waals surface area contributed by atoms with Crippen molar-refractivity contribution < 1.29 is 14.3 Å². The first-order valence-corrected chi connectivity index (χ1v) is 8.27. The van der Waals surface area contributed by atoms with E-state index in [1.165, 1.54) is 4.90 Å². The van der Waals surface area contributed by atoms with E-state index in [0.29, 0.717) is 6.61 Å². The molecule has 0 fully saturated rings. The summed E-state index contributed by atoms with van der Waals surface area (Å²) in [5.74, 6) is 1.76. The van der Waals surface area contributed by atoms with Crippen LogP contribution in [0.25, 0.3) is 0 Å². The van der Waals surface area contributed by atoms with Gasteiger partial charge in [-0.3, -0.25) is 0 Å². The summed E-state index contributed by atoms with van der Waals surface area (Å²) in [6.07, 6.45) is 1.66. The van der Waals surface area contributed by atoms with Crippen molar-refractivity contribution in [1.29, 1.82) is 0 Å². The fourth-order valence-corrected chi connectivity index (χ4v) is 2.45. The largest absolute Gasteiger partial charge is 0.457 e. The summed E-state index contributed by atoms with van der Waals surface area (Å²) in [4.78, 5) is 13.1. The summed E-state index contributed by atoms with van der Waals surface area (Å²) >= 11 is 0. The molecule has 0 aliphatic rings. The molecule has 2 aromatic carbocycles. The molecule has 0 radical (unpaired) electrons. The van der Waals surface area contributed by atoms with E-state index < -0.39 is 0 Å². The van der Waals surface area contributed by atoms with Crippen LogP contribution < -0.4 is 4.74 Å². The molecule has 0 aromatic heterocycles. The Morgan fingerprint density at radius 2 is 1.75 bits per heavy atom. The Morgan fingerprint density at radius 1 is 1.04 bits per heavy atom. The molecule has 0 saturated carbocycles. The van der Waals surface area contributed by atoms with Crippen LogP contribution in [0.3, 0.4) is 0 Å². The van der Waals surface area contributed by atoms with Crippen LogP contribution >= 0.6 is 0 Å². The minimum atomic E-state index is -0.312. The Labute approximate surface area is 144 Å². The first-order chi connectivity index (χ1) is 11.6. The average molecular weight is 327 g/mol. The number of benzene rings is 2. The van der Waals surface area contributed by atoms with Crippen molar-refractivity contribution in [3.05, 3.63) is 60.2 Å². The van der Waals surface area contributed by atoms with Crippen molar-refractivity contribution >= 4 is 6.09 Å². The first kappa shape index (κ1) is 17.9. The second-order valence-electron chi connectivity index (χ2n) is 5.94. The lowest BCUT2D eigenvalue weighted by Gasteiger charge is -2.19. The number of hydrogen-bond acceptors (Lipinski definition) is 3. The number of amides is 1. The van der Waals surface area contributed by atoms with Gasteiger partial charge in [-0.15, -0.1) is 0 Å².